The summed E-state index contributed by atoms with van der Waals surface area (Å²) in [6, 6.07) is 5.61. The molecule has 1 spiro atoms. The molecule has 2 aliphatic carbocycles. The number of thiazole rings is 1. The number of carbonyl (C=O) groups is 5. The van der Waals surface area contributed by atoms with Crippen LogP contribution in [-0.2, 0) is 19.2 Å². The van der Waals surface area contributed by atoms with Crippen LogP contribution in [0.15, 0.2) is 24.3 Å². The average Bonchev–Trinajstić information content (AvgIpc) is 3.80. The number of benzene rings is 1. The maximum atomic E-state index is 13.8. The van der Waals surface area contributed by atoms with E-state index in [9.17, 15) is 24.0 Å². The van der Waals surface area contributed by atoms with E-state index in [4.69, 9.17) is 0 Å². The van der Waals surface area contributed by atoms with Crippen LogP contribution in [0.25, 0.3) is 10.2 Å². The van der Waals surface area contributed by atoms with Crippen LogP contribution in [0, 0.1) is 11.3 Å². The van der Waals surface area contributed by atoms with Crippen molar-refractivity contribution in [3.8, 4) is 0 Å². The van der Waals surface area contributed by atoms with E-state index in [0.29, 0.717) is 30.9 Å². The van der Waals surface area contributed by atoms with Gasteiger partial charge in [-0.15, -0.1) is 11.3 Å². The molecular formula is C27H31N5O5S. The number of rotatable bonds is 8. The molecule has 2 aliphatic heterocycles. The summed E-state index contributed by atoms with van der Waals surface area (Å²) in [7, 11) is 0. The minimum Gasteiger partial charge on any atom is -0.356 e. The van der Waals surface area contributed by atoms with Crippen LogP contribution in [0.1, 0.15) is 61.2 Å². The molecule has 2 saturated carbocycles. The Balaban J connectivity index is 1.23. The number of para-hydroxylation sites is 1. The van der Waals surface area contributed by atoms with Crippen LogP contribution in [0.5, 0.6) is 0 Å². The number of nitrogens with zero attached hydrogens (tertiary/aromatic N) is 2. The van der Waals surface area contributed by atoms with Gasteiger partial charge in [0.1, 0.15) is 6.04 Å². The van der Waals surface area contributed by atoms with Crippen molar-refractivity contribution in [1.29, 1.82) is 0 Å². The van der Waals surface area contributed by atoms with Crippen molar-refractivity contribution in [2.24, 2.45) is 11.3 Å². The number of likely N-dealkylation sites (tertiary alicyclic amines) is 1. The zero-order valence-corrected chi connectivity index (χ0v) is 21.9. The molecule has 10 nitrogen and oxygen atoms in total. The van der Waals surface area contributed by atoms with E-state index in [1.54, 1.807) is 4.90 Å². The number of nitrogens with one attached hydrogen (secondary N) is 3. The third-order valence-corrected chi connectivity index (χ3v) is 9.36. The first-order valence-electron chi connectivity index (χ1n) is 13.4. The highest BCUT2D eigenvalue weighted by Gasteiger charge is 2.51. The van der Waals surface area contributed by atoms with E-state index in [-0.39, 0.29) is 29.7 Å². The zero-order valence-electron chi connectivity index (χ0n) is 21.0. The number of amides is 4. The van der Waals surface area contributed by atoms with Crippen LogP contribution < -0.4 is 16.0 Å². The minimum atomic E-state index is -1.13. The molecule has 0 radical (unpaired) electrons. The second kappa shape index (κ2) is 9.76. The molecule has 2 saturated heterocycles. The van der Waals surface area contributed by atoms with Gasteiger partial charge in [0, 0.05) is 25.0 Å². The van der Waals surface area contributed by atoms with Crippen LogP contribution in [0.4, 0.5) is 0 Å². The minimum absolute atomic E-state index is 0.00688. The summed E-state index contributed by atoms with van der Waals surface area (Å²) in [4.78, 5) is 71.4. The molecule has 1 aromatic heterocycles. The van der Waals surface area contributed by atoms with E-state index in [1.165, 1.54) is 11.3 Å². The normalized spacial score (nSPS) is 24.6. The maximum absolute atomic E-state index is 13.8. The summed E-state index contributed by atoms with van der Waals surface area (Å²) in [6.45, 7) is 0.931. The highest BCUT2D eigenvalue weighted by Crippen LogP contribution is 2.55. The van der Waals surface area contributed by atoms with Crippen molar-refractivity contribution in [3.63, 3.8) is 0 Å². The predicted octanol–water partition coefficient (Wildman–Crippen LogP) is 1.54. The van der Waals surface area contributed by atoms with Gasteiger partial charge in [0.15, 0.2) is 5.01 Å². The highest BCUT2D eigenvalue weighted by molar-refractivity contribution is 7.20. The first kappa shape index (κ1) is 25.0. The number of hydrogen-bond acceptors (Lipinski definition) is 7. The molecule has 38 heavy (non-hydrogen) atoms. The fourth-order valence-electron chi connectivity index (χ4n) is 5.63. The predicted molar refractivity (Wildman–Crippen MR) is 139 cm³/mol. The second-order valence-corrected chi connectivity index (χ2v) is 12.2. The van der Waals surface area contributed by atoms with E-state index in [1.807, 2.05) is 24.3 Å². The molecule has 11 heteroatoms. The third-order valence-electron chi connectivity index (χ3n) is 8.34. The van der Waals surface area contributed by atoms with Gasteiger partial charge in [0.2, 0.25) is 17.6 Å². The van der Waals surface area contributed by atoms with Gasteiger partial charge in [-0.2, -0.15) is 0 Å². The van der Waals surface area contributed by atoms with Crippen LogP contribution in [0.3, 0.4) is 0 Å². The van der Waals surface area contributed by atoms with E-state index in [2.05, 4.69) is 20.9 Å². The number of carbonyl (C=O) groups excluding carboxylic acids is 5. The molecule has 3 heterocycles. The number of piperidine rings is 1. The fraction of sp³-hybridized carbons (Fsp3) is 0.556. The van der Waals surface area contributed by atoms with Crippen LogP contribution in [-0.4, -0.2) is 70.5 Å². The van der Waals surface area contributed by atoms with Crippen LogP contribution >= 0.6 is 11.3 Å². The lowest BCUT2D eigenvalue weighted by molar-refractivity contribution is -0.141. The molecule has 1 aromatic carbocycles. The first-order valence-corrected chi connectivity index (χ1v) is 14.2. The van der Waals surface area contributed by atoms with Crippen molar-refractivity contribution in [2.45, 2.75) is 69.5 Å². The lowest BCUT2D eigenvalue weighted by Crippen LogP contribution is -2.58. The lowest BCUT2D eigenvalue weighted by atomic mass is 9.87. The zero-order chi connectivity index (χ0) is 26.4. The molecule has 0 bridgehead atoms. The Morgan fingerprint density at radius 1 is 1.13 bits per heavy atom. The Labute approximate surface area is 223 Å². The van der Waals surface area contributed by atoms with Gasteiger partial charge in [0.05, 0.1) is 16.3 Å². The Hall–Kier alpha value is -3.34. The number of hydrogen-bond donors (Lipinski definition) is 3. The average molecular weight is 538 g/mol. The Morgan fingerprint density at radius 2 is 1.92 bits per heavy atom. The highest BCUT2D eigenvalue weighted by atomic mass is 32.1. The maximum Gasteiger partial charge on any atom is 0.289 e. The first-order chi connectivity index (χ1) is 18.3. The smallest absolute Gasteiger partial charge is 0.289 e. The van der Waals surface area contributed by atoms with Crippen molar-refractivity contribution in [3.05, 3.63) is 29.3 Å². The van der Waals surface area contributed by atoms with Gasteiger partial charge in [-0.25, -0.2) is 4.98 Å². The number of Topliss-reactive ketones (excluding diaryl/α,β-unsaturated/α-hetero) is 1. The molecule has 3 atom stereocenters. The van der Waals surface area contributed by atoms with E-state index in [0.717, 1.165) is 42.3 Å². The molecular weight excluding hydrogens is 506 g/mol. The van der Waals surface area contributed by atoms with Crippen molar-refractivity contribution in [2.75, 3.05) is 13.1 Å². The van der Waals surface area contributed by atoms with Crippen molar-refractivity contribution < 1.29 is 24.0 Å². The number of fused-ring (bicyclic) bond motifs is 1. The summed E-state index contributed by atoms with van der Waals surface area (Å²) >= 11 is 1.30. The molecule has 3 N–H and O–H groups in total. The fourth-order valence-corrected chi connectivity index (χ4v) is 6.55. The van der Waals surface area contributed by atoms with Gasteiger partial charge in [-0.3, -0.25) is 24.0 Å². The number of aromatic nitrogens is 1. The third kappa shape index (κ3) is 5.03. The Kier molecular flexibility index (Phi) is 6.41. The molecule has 4 aliphatic rings. The van der Waals surface area contributed by atoms with Gasteiger partial charge in [-0.1, -0.05) is 12.1 Å². The van der Waals surface area contributed by atoms with Gasteiger partial charge < -0.3 is 20.9 Å². The molecule has 4 fully saturated rings. The second-order valence-electron chi connectivity index (χ2n) is 11.1. The Morgan fingerprint density at radius 3 is 2.61 bits per heavy atom. The SMILES string of the molecule is O=C(NC1CC1)C(=O)C(CC1CCNC1=O)NC(=O)C1CC2(CCN1C(=O)c1nc3ccccc3s1)CC2. The van der Waals surface area contributed by atoms with Gasteiger partial charge in [-0.05, 0) is 68.9 Å². The molecule has 6 rings (SSSR count). The molecule has 4 amide bonds. The largest absolute Gasteiger partial charge is 0.356 e. The van der Waals surface area contributed by atoms with Crippen LogP contribution in [0.2, 0.25) is 0 Å². The van der Waals surface area contributed by atoms with Gasteiger partial charge in [0.25, 0.3) is 11.8 Å². The number of ketones is 1. The van der Waals surface area contributed by atoms with Crippen molar-refractivity contribution in [1.82, 2.24) is 25.8 Å². The summed E-state index contributed by atoms with van der Waals surface area (Å²) in [5.74, 6) is -2.87. The van der Waals surface area contributed by atoms with Gasteiger partial charge >= 0.3 is 0 Å². The molecule has 2 aromatic rings. The quantitative estimate of drug-likeness (QED) is 0.437. The summed E-state index contributed by atoms with van der Waals surface area (Å²) in [5, 5.41) is 8.57. The standard InChI is InChI=1S/C27H31N5O5S/c33-21(24(36)29-16-5-6-16)18(13-15-7-11-28-22(15)34)30-23(35)19-14-27(8-9-27)10-12-32(19)26(37)25-31-17-3-1-2-4-20(17)38-25/h1-4,15-16,18-19H,5-14H2,(H,28,34)(H,29,36)(H,30,35). The summed E-state index contributed by atoms with van der Waals surface area (Å²) in [6.07, 6.45) is 5.59. The summed E-state index contributed by atoms with van der Waals surface area (Å²) < 4.78 is 0.898. The monoisotopic (exact) mass is 537 g/mol. The lowest BCUT2D eigenvalue weighted by Gasteiger charge is -2.39. The van der Waals surface area contributed by atoms with Crippen molar-refractivity contribution >= 4 is 51.0 Å². The Bertz CT molecular complexity index is 1280. The van der Waals surface area contributed by atoms with E-state index < -0.39 is 35.6 Å². The molecule has 200 valence electrons. The molecule has 3 unspecified atom stereocenters. The topological polar surface area (TPSA) is 138 Å². The summed E-state index contributed by atoms with van der Waals surface area (Å²) in [5.41, 5.74) is 0.778. The van der Waals surface area contributed by atoms with E-state index >= 15 is 0 Å².